The maximum Gasteiger partial charge on any atom is 0.252 e. The van der Waals surface area contributed by atoms with Gasteiger partial charge in [0.1, 0.15) is 11.6 Å². The minimum absolute atomic E-state index is 0.0394. The summed E-state index contributed by atoms with van der Waals surface area (Å²) in [5.41, 5.74) is 11.4. The van der Waals surface area contributed by atoms with Crippen LogP contribution in [-0.2, 0) is 28.9 Å². The molecule has 1 aliphatic rings. The zero-order chi connectivity index (χ0) is 32.4. The van der Waals surface area contributed by atoms with Gasteiger partial charge in [-0.15, -0.1) is 0 Å². The molecule has 11 heteroatoms. The van der Waals surface area contributed by atoms with Gasteiger partial charge in [-0.1, -0.05) is 69.6 Å². The molecule has 1 amide bonds. The molecule has 46 heavy (non-hydrogen) atoms. The molecule has 0 saturated carbocycles. The molecule has 2 atom stereocenters. The van der Waals surface area contributed by atoms with Crippen molar-refractivity contribution in [1.82, 2.24) is 5.32 Å². The molecule has 0 fully saturated rings. The normalized spacial score (nSPS) is 17.0. The third-order valence-electron chi connectivity index (χ3n) is 7.67. The van der Waals surface area contributed by atoms with Crippen molar-refractivity contribution in [2.75, 3.05) is 19.8 Å². The van der Waals surface area contributed by atoms with Crippen molar-refractivity contribution in [1.29, 1.82) is 0 Å². The number of ether oxygens (including phenoxy) is 2. The molecular formula is C35H33BrFN5O4. The molecule has 0 saturated heterocycles. The first kappa shape index (κ1) is 32.7. The SMILES string of the molecule is [N-]=[N+]=NCc1ccccc1[C@H]1OC(c2ccc(OCCCO)cc2)=N[C@@]1(Cc1ccc(Br)cc1)C(=O)NCCc1ccc(F)cc1. The van der Waals surface area contributed by atoms with Gasteiger partial charge < -0.3 is 19.9 Å². The highest BCUT2D eigenvalue weighted by molar-refractivity contribution is 9.10. The maximum absolute atomic E-state index is 14.5. The number of benzene rings is 4. The Bertz CT molecular complexity index is 1710. The first-order valence-corrected chi connectivity index (χ1v) is 15.7. The van der Waals surface area contributed by atoms with E-state index in [1.54, 1.807) is 24.3 Å². The highest BCUT2D eigenvalue weighted by Gasteiger charge is 2.53. The molecule has 0 aliphatic carbocycles. The van der Waals surface area contributed by atoms with Crippen LogP contribution < -0.4 is 10.1 Å². The first-order chi connectivity index (χ1) is 22.4. The molecule has 4 aromatic carbocycles. The first-order valence-electron chi connectivity index (χ1n) is 14.9. The highest BCUT2D eigenvalue weighted by Crippen LogP contribution is 2.44. The third-order valence-corrected chi connectivity index (χ3v) is 8.20. The largest absolute Gasteiger partial charge is 0.494 e. The summed E-state index contributed by atoms with van der Waals surface area (Å²) in [7, 11) is 0. The van der Waals surface area contributed by atoms with Crippen LogP contribution in [0.15, 0.2) is 112 Å². The predicted octanol–water partition coefficient (Wildman–Crippen LogP) is 7.02. The lowest BCUT2D eigenvalue weighted by atomic mass is 9.80. The van der Waals surface area contributed by atoms with Crippen LogP contribution in [0.1, 0.15) is 40.3 Å². The van der Waals surface area contributed by atoms with Crippen LogP contribution in [0.25, 0.3) is 10.4 Å². The zero-order valence-corrected chi connectivity index (χ0v) is 26.6. The number of aliphatic hydroxyl groups is 1. The van der Waals surface area contributed by atoms with E-state index >= 15 is 0 Å². The van der Waals surface area contributed by atoms with E-state index < -0.39 is 11.6 Å². The van der Waals surface area contributed by atoms with E-state index in [0.29, 0.717) is 48.4 Å². The van der Waals surface area contributed by atoms with Gasteiger partial charge >= 0.3 is 0 Å². The number of carbonyl (C=O) groups excluding carboxylic acids is 1. The molecule has 1 heterocycles. The predicted molar refractivity (Wildman–Crippen MR) is 177 cm³/mol. The number of nitrogens with one attached hydrogen (secondary N) is 1. The Morgan fingerprint density at radius 3 is 2.48 bits per heavy atom. The van der Waals surface area contributed by atoms with Gasteiger partial charge in [0.05, 0.1) is 13.2 Å². The van der Waals surface area contributed by atoms with Gasteiger partial charge in [-0.05, 0) is 82.7 Å². The summed E-state index contributed by atoms with van der Waals surface area (Å²) < 4.78 is 26.7. The van der Waals surface area contributed by atoms with E-state index in [9.17, 15) is 9.18 Å². The monoisotopic (exact) mass is 685 g/mol. The second-order valence-corrected chi connectivity index (χ2v) is 11.7. The van der Waals surface area contributed by atoms with Gasteiger partial charge in [0.15, 0.2) is 11.6 Å². The second kappa shape index (κ2) is 15.5. The van der Waals surface area contributed by atoms with Crippen molar-refractivity contribution in [2.24, 2.45) is 10.1 Å². The highest BCUT2D eigenvalue weighted by atomic mass is 79.9. The Balaban J connectivity index is 1.55. The Kier molecular flexibility index (Phi) is 11.0. The van der Waals surface area contributed by atoms with Crippen molar-refractivity contribution in [3.05, 3.63) is 146 Å². The van der Waals surface area contributed by atoms with Gasteiger partial charge in [0.2, 0.25) is 5.90 Å². The van der Waals surface area contributed by atoms with Crippen molar-refractivity contribution in [3.63, 3.8) is 0 Å². The molecule has 4 aromatic rings. The average Bonchev–Trinajstić information content (AvgIpc) is 3.46. The van der Waals surface area contributed by atoms with Crippen LogP contribution in [0, 0.1) is 5.82 Å². The van der Waals surface area contributed by atoms with Crippen LogP contribution in [0.3, 0.4) is 0 Å². The number of hydrogen-bond donors (Lipinski definition) is 2. The van der Waals surface area contributed by atoms with Crippen LogP contribution in [0.5, 0.6) is 5.75 Å². The van der Waals surface area contributed by atoms with Crippen LogP contribution in [-0.4, -0.2) is 42.2 Å². The van der Waals surface area contributed by atoms with E-state index in [0.717, 1.165) is 15.6 Å². The lowest BCUT2D eigenvalue weighted by Crippen LogP contribution is -2.50. The number of nitrogens with zero attached hydrogens (tertiary/aromatic N) is 4. The number of carbonyl (C=O) groups is 1. The Hall–Kier alpha value is -4.70. The van der Waals surface area contributed by atoms with E-state index in [1.807, 2.05) is 60.7 Å². The van der Waals surface area contributed by atoms with Gasteiger partial charge in [-0.3, -0.25) is 4.79 Å². The summed E-state index contributed by atoms with van der Waals surface area (Å²) in [4.78, 5) is 22.5. The fraction of sp³-hybridized carbons (Fsp3) is 0.257. The summed E-state index contributed by atoms with van der Waals surface area (Å²) in [6.45, 7) is 0.788. The summed E-state index contributed by atoms with van der Waals surface area (Å²) >= 11 is 3.49. The lowest BCUT2D eigenvalue weighted by Gasteiger charge is -2.32. The molecule has 236 valence electrons. The molecule has 1 aliphatic heterocycles. The molecular weight excluding hydrogens is 653 g/mol. The van der Waals surface area contributed by atoms with E-state index in [-0.39, 0.29) is 37.2 Å². The molecule has 0 bridgehead atoms. The topological polar surface area (TPSA) is 129 Å². The second-order valence-electron chi connectivity index (χ2n) is 10.8. The molecule has 0 unspecified atom stereocenters. The van der Waals surface area contributed by atoms with Gasteiger partial charge in [-0.25, -0.2) is 9.38 Å². The number of amides is 1. The van der Waals surface area contributed by atoms with Crippen molar-refractivity contribution < 1.29 is 23.8 Å². The smallest absolute Gasteiger partial charge is 0.252 e. The quantitative estimate of drug-likeness (QED) is 0.0640. The van der Waals surface area contributed by atoms with Gasteiger partial charge in [0, 0.05) is 40.9 Å². The van der Waals surface area contributed by atoms with E-state index in [4.69, 9.17) is 25.1 Å². The Labute approximate surface area is 274 Å². The summed E-state index contributed by atoms with van der Waals surface area (Å²) in [5, 5.41) is 15.9. The fourth-order valence-corrected chi connectivity index (χ4v) is 5.60. The maximum atomic E-state index is 14.5. The molecule has 5 rings (SSSR count). The summed E-state index contributed by atoms with van der Waals surface area (Å²) in [6, 6.07) is 28.5. The minimum atomic E-state index is -1.44. The fourth-order valence-electron chi connectivity index (χ4n) is 5.34. The molecule has 0 spiro atoms. The third kappa shape index (κ3) is 7.92. The number of rotatable bonds is 14. The van der Waals surface area contributed by atoms with Gasteiger partial charge in [-0.2, -0.15) is 0 Å². The zero-order valence-electron chi connectivity index (χ0n) is 25.0. The number of hydrogen-bond acceptors (Lipinski definition) is 6. The molecule has 9 nitrogen and oxygen atoms in total. The molecule has 0 radical (unpaired) electrons. The summed E-state index contributed by atoms with van der Waals surface area (Å²) in [5.74, 6) is 0.265. The Morgan fingerprint density at radius 1 is 1.04 bits per heavy atom. The molecule has 0 aromatic heterocycles. The van der Waals surface area contributed by atoms with Crippen molar-refractivity contribution in [3.8, 4) is 5.75 Å². The minimum Gasteiger partial charge on any atom is -0.494 e. The van der Waals surface area contributed by atoms with Crippen molar-refractivity contribution in [2.45, 2.75) is 37.5 Å². The van der Waals surface area contributed by atoms with Crippen molar-refractivity contribution >= 4 is 27.7 Å². The van der Waals surface area contributed by atoms with Crippen LogP contribution >= 0.6 is 15.9 Å². The molecule has 2 N–H and O–H groups in total. The number of aliphatic hydroxyl groups excluding tert-OH is 1. The summed E-state index contributed by atoms with van der Waals surface area (Å²) in [6.07, 6.45) is 0.370. The van der Waals surface area contributed by atoms with E-state index in [1.165, 1.54) is 12.1 Å². The van der Waals surface area contributed by atoms with Crippen LogP contribution in [0.2, 0.25) is 0 Å². The average molecular weight is 687 g/mol. The Morgan fingerprint density at radius 2 is 1.76 bits per heavy atom. The standard InChI is InChI=1S/C35H33BrFN5O4/c36-28-12-6-25(7-13-28)22-35(34(44)39-19-18-24-8-14-29(37)15-9-24)32(31-5-2-1-4-27(31)23-40-42-38)46-33(41-35)26-10-16-30(17-11-26)45-21-3-20-43/h1-2,4-17,32,43H,3,18-23H2,(H,39,44)/t32-,35-/m1/s1. The number of azide groups is 1. The number of aliphatic imine (C=N–C) groups is 1. The van der Waals surface area contributed by atoms with Gasteiger partial charge in [0.25, 0.3) is 5.91 Å². The van der Waals surface area contributed by atoms with Crippen LogP contribution in [0.4, 0.5) is 4.39 Å². The lowest BCUT2D eigenvalue weighted by molar-refractivity contribution is -0.128. The van der Waals surface area contributed by atoms with E-state index in [2.05, 4.69) is 31.3 Å². The number of halogens is 2.